The molecule has 6 nitrogen and oxygen atoms in total. The number of anilines is 1. The second-order valence-electron chi connectivity index (χ2n) is 8.06. The molecule has 10 heteroatoms. The number of sulfonamides is 1. The molecular weight excluding hydrogens is 445 g/mol. The quantitative estimate of drug-likeness (QED) is 0.579. The number of alkyl halides is 3. The van der Waals surface area contributed by atoms with Crippen molar-refractivity contribution >= 4 is 21.6 Å². The van der Waals surface area contributed by atoms with E-state index in [0.717, 1.165) is 31.2 Å². The van der Waals surface area contributed by atoms with Crippen LogP contribution in [0, 0.1) is 6.92 Å². The highest BCUT2D eigenvalue weighted by Crippen LogP contribution is 2.40. The standard InChI is InChI=1S/C22H27F3N2O4S/c1-15-13-16(5-10-19(15)27-32(4,29)30)11-12-26-20(28)14-31-18-8-6-17(7-9-18)21(2,3)22(23,24)25/h5-10,13,27H,11-12,14H2,1-4H3,(H,26,28). The maximum absolute atomic E-state index is 13.1. The number of ether oxygens (including phenoxy) is 1. The Morgan fingerprint density at radius 1 is 1.06 bits per heavy atom. The molecule has 2 rings (SSSR count). The fraction of sp³-hybridized carbons (Fsp3) is 0.409. The van der Waals surface area contributed by atoms with E-state index >= 15 is 0 Å². The summed E-state index contributed by atoms with van der Waals surface area (Å²) in [4.78, 5) is 12.0. The summed E-state index contributed by atoms with van der Waals surface area (Å²) < 4.78 is 69.8. The Kier molecular flexibility index (Phi) is 7.82. The summed E-state index contributed by atoms with van der Waals surface area (Å²) in [7, 11) is -3.36. The molecule has 0 aliphatic rings. The van der Waals surface area contributed by atoms with Crippen molar-refractivity contribution in [3.63, 3.8) is 0 Å². The number of rotatable bonds is 9. The van der Waals surface area contributed by atoms with Crippen LogP contribution >= 0.6 is 0 Å². The summed E-state index contributed by atoms with van der Waals surface area (Å²) in [5.41, 5.74) is 0.305. The molecule has 0 fully saturated rings. The lowest BCUT2D eigenvalue weighted by molar-refractivity contribution is -0.180. The Bertz CT molecular complexity index is 1050. The summed E-state index contributed by atoms with van der Waals surface area (Å²) in [6.07, 6.45) is -2.76. The van der Waals surface area contributed by atoms with E-state index in [4.69, 9.17) is 4.74 Å². The van der Waals surface area contributed by atoms with Gasteiger partial charge in [0.1, 0.15) is 5.75 Å². The van der Waals surface area contributed by atoms with Crippen molar-refractivity contribution in [3.05, 3.63) is 59.2 Å². The summed E-state index contributed by atoms with van der Waals surface area (Å²) in [6.45, 7) is 4.07. The van der Waals surface area contributed by atoms with Gasteiger partial charge in [0.15, 0.2) is 6.61 Å². The van der Waals surface area contributed by atoms with Gasteiger partial charge in [-0.25, -0.2) is 8.42 Å². The first-order chi connectivity index (χ1) is 14.7. The van der Waals surface area contributed by atoms with Gasteiger partial charge in [-0.2, -0.15) is 13.2 Å². The van der Waals surface area contributed by atoms with Crippen LogP contribution < -0.4 is 14.8 Å². The Labute approximate surface area is 186 Å². The molecule has 0 saturated heterocycles. The van der Waals surface area contributed by atoms with E-state index in [0.29, 0.717) is 24.4 Å². The third kappa shape index (κ3) is 7.15. The lowest BCUT2D eigenvalue weighted by Gasteiger charge is -2.28. The molecular formula is C22H27F3N2O4S. The highest BCUT2D eigenvalue weighted by molar-refractivity contribution is 7.92. The second-order valence-corrected chi connectivity index (χ2v) is 9.81. The van der Waals surface area contributed by atoms with E-state index in [1.54, 1.807) is 19.1 Å². The molecule has 32 heavy (non-hydrogen) atoms. The molecule has 2 aromatic rings. The minimum absolute atomic E-state index is 0.106. The zero-order chi connectivity index (χ0) is 24.2. The van der Waals surface area contributed by atoms with Gasteiger partial charge in [0, 0.05) is 6.54 Å². The van der Waals surface area contributed by atoms with Gasteiger partial charge in [-0.3, -0.25) is 9.52 Å². The number of benzene rings is 2. The molecule has 0 spiro atoms. The molecule has 0 saturated carbocycles. The number of hydrogen-bond acceptors (Lipinski definition) is 4. The minimum Gasteiger partial charge on any atom is -0.484 e. The zero-order valence-corrected chi connectivity index (χ0v) is 19.2. The normalized spacial score (nSPS) is 12.3. The first-order valence-electron chi connectivity index (χ1n) is 9.83. The molecule has 2 N–H and O–H groups in total. The van der Waals surface area contributed by atoms with Gasteiger partial charge >= 0.3 is 6.18 Å². The van der Waals surface area contributed by atoms with E-state index in [2.05, 4.69) is 10.0 Å². The second kappa shape index (κ2) is 9.81. The first kappa shape index (κ1) is 25.5. The van der Waals surface area contributed by atoms with Crippen LogP contribution in [0.15, 0.2) is 42.5 Å². The molecule has 0 unspecified atom stereocenters. The molecule has 2 aromatic carbocycles. The smallest absolute Gasteiger partial charge is 0.397 e. The van der Waals surface area contributed by atoms with Crippen LogP contribution in [0.5, 0.6) is 5.75 Å². The van der Waals surface area contributed by atoms with Gasteiger partial charge in [0.2, 0.25) is 10.0 Å². The van der Waals surface area contributed by atoms with Crippen molar-refractivity contribution in [1.82, 2.24) is 5.32 Å². The van der Waals surface area contributed by atoms with E-state index in [1.165, 1.54) is 24.3 Å². The zero-order valence-electron chi connectivity index (χ0n) is 18.3. The summed E-state index contributed by atoms with van der Waals surface area (Å²) in [5.74, 6) is -0.0664. The predicted molar refractivity (Wildman–Crippen MR) is 117 cm³/mol. The van der Waals surface area contributed by atoms with Crippen LogP contribution in [0.4, 0.5) is 18.9 Å². The first-order valence-corrected chi connectivity index (χ1v) is 11.7. The van der Waals surface area contributed by atoms with Crippen molar-refractivity contribution in [2.45, 2.75) is 38.8 Å². The van der Waals surface area contributed by atoms with E-state index in [1.807, 2.05) is 6.07 Å². The number of nitrogens with one attached hydrogen (secondary N) is 2. The summed E-state index contributed by atoms with van der Waals surface area (Å²) in [5, 5.41) is 2.71. The van der Waals surface area contributed by atoms with Crippen molar-refractivity contribution < 1.29 is 31.1 Å². The van der Waals surface area contributed by atoms with Crippen LogP contribution in [0.2, 0.25) is 0 Å². The van der Waals surface area contributed by atoms with Crippen LogP contribution in [-0.2, 0) is 26.7 Å². The van der Waals surface area contributed by atoms with Gasteiger partial charge in [-0.05, 0) is 62.1 Å². The van der Waals surface area contributed by atoms with E-state index < -0.39 is 21.6 Å². The Morgan fingerprint density at radius 2 is 1.69 bits per heavy atom. The van der Waals surface area contributed by atoms with Crippen LogP contribution in [-0.4, -0.2) is 39.9 Å². The topological polar surface area (TPSA) is 84.5 Å². The SMILES string of the molecule is Cc1cc(CCNC(=O)COc2ccc(C(C)(C)C(F)(F)F)cc2)ccc1NS(C)(=O)=O. The highest BCUT2D eigenvalue weighted by atomic mass is 32.2. The molecule has 0 aliphatic carbocycles. The summed E-state index contributed by atoms with van der Waals surface area (Å²) >= 11 is 0. The third-order valence-corrected chi connectivity index (χ3v) is 5.57. The van der Waals surface area contributed by atoms with E-state index in [9.17, 15) is 26.4 Å². The average Bonchev–Trinajstić information content (AvgIpc) is 2.67. The molecule has 0 bridgehead atoms. The average molecular weight is 473 g/mol. The number of halogens is 3. The fourth-order valence-corrected chi connectivity index (χ4v) is 3.50. The monoisotopic (exact) mass is 472 g/mol. The Morgan fingerprint density at radius 3 is 2.22 bits per heavy atom. The molecule has 1 amide bonds. The van der Waals surface area contributed by atoms with Crippen molar-refractivity contribution in [2.24, 2.45) is 0 Å². The number of hydrogen-bond donors (Lipinski definition) is 2. The number of carbonyl (C=O) groups excluding carboxylic acids is 1. The van der Waals surface area contributed by atoms with Gasteiger partial charge in [-0.1, -0.05) is 24.3 Å². The fourth-order valence-electron chi connectivity index (χ4n) is 2.87. The molecule has 0 heterocycles. The van der Waals surface area contributed by atoms with Gasteiger partial charge in [0.25, 0.3) is 5.91 Å². The number of amides is 1. The molecule has 0 atom stereocenters. The van der Waals surface area contributed by atoms with Gasteiger partial charge in [0.05, 0.1) is 17.4 Å². The van der Waals surface area contributed by atoms with Crippen molar-refractivity contribution in [2.75, 3.05) is 24.1 Å². The van der Waals surface area contributed by atoms with E-state index in [-0.39, 0.29) is 18.1 Å². The van der Waals surface area contributed by atoms with Gasteiger partial charge < -0.3 is 10.1 Å². The number of carbonyl (C=O) groups is 1. The van der Waals surface area contributed by atoms with Crippen LogP contribution in [0.3, 0.4) is 0 Å². The lowest BCUT2D eigenvalue weighted by atomic mass is 9.84. The maximum atomic E-state index is 13.1. The molecule has 176 valence electrons. The van der Waals surface area contributed by atoms with Crippen molar-refractivity contribution in [3.8, 4) is 5.75 Å². The third-order valence-electron chi connectivity index (χ3n) is 4.98. The highest BCUT2D eigenvalue weighted by Gasteiger charge is 2.48. The van der Waals surface area contributed by atoms with Crippen molar-refractivity contribution in [1.29, 1.82) is 0 Å². The summed E-state index contributed by atoms with van der Waals surface area (Å²) in [6, 6.07) is 10.8. The maximum Gasteiger partial charge on any atom is 0.397 e. The molecule has 0 aliphatic heterocycles. The minimum atomic E-state index is -4.38. The van der Waals surface area contributed by atoms with Crippen LogP contribution in [0.1, 0.15) is 30.5 Å². The van der Waals surface area contributed by atoms with Gasteiger partial charge in [-0.15, -0.1) is 0 Å². The molecule has 0 aromatic heterocycles. The molecule has 0 radical (unpaired) electrons. The largest absolute Gasteiger partial charge is 0.484 e. The number of aryl methyl sites for hydroxylation is 1. The Balaban J connectivity index is 1.81. The van der Waals surface area contributed by atoms with Crippen LogP contribution in [0.25, 0.3) is 0 Å². The lowest BCUT2D eigenvalue weighted by Crippen LogP contribution is -2.36. The predicted octanol–water partition coefficient (Wildman–Crippen LogP) is 3.94. The Hall–Kier alpha value is -2.75.